The van der Waals surface area contributed by atoms with E-state index in [1.807, 2.05) is 33.8 Å². The number of rotatable bonds is 2. The molecule has 1 amide bonds. The van der Waals surface area contributed by atoms with Gasteiger partial charge in [-0.2, -0.15) is 0 Å². The largest absolute Gasteiger partial charge is 0.498 e. The first-order valence-corrected chi connectivity index (χ1v) is 8.35. The first-order valence-electron chi connectivity index (χ1n) is 7.97. The maximum atomic E-state index is 11.9. The Bertz CT molecular complexity index is 648. The highest BCUT2D eigenvalue weighted by molar-refractivity contribution is 6.64. The van der Waals surface area contributed by atoms with Crippen molar-refractivity contribution in [2.75, 3.05) is 13.2 Å². The second kappa shape index (κ2) is 6.46. The van der Waals surface area contributed by atoms with Gasteiger partial charge in [-0.15, -0.1) is 0 Å². The van der Waals surface area contributed by atoms with Crippen LogP contribution >= 0.6 is 11.6 Å². The van der Waals surface area contributed by atoms with E-state index in [0.29, 0.717) is 17.4 Å². The van der Waals surface area contributed by atoms with E-state index in [2.05, 4.69) is 5.32 Å². The Labute approximate surface area is 146 Å². The van der Waals surface area contributed by atoms with Crippen LogP contribution in [-0.4, -0.2) is 38.1 Å². The molecule has 0 bridgehead atoms. The molecular weight excluding hydrogens is 332 g/mol. The van der Waals surface area contributed by atoms with E-state index in [1.165, 1.54) is 0 Å². The number of halogens is 1. The van der Waals surface area contributed by atoms with Crippen molar-refractivity contribution in [3.05, 3.63) is 22.7 Å². The van der Waals surface area contributed by atoms with E-state index in [9.17, 15) is 4.79 Å². The molecule has 130 valence electrons. The summed E-state index contributed by atoms with van der Waals surface area (Å²) in [4.78, 5) is 11.9. The summed E-state index contributed by atoms with van der Waals surface area (Å²) in [6.07, 6.45) is -1.02. The molecule has 0 radical (unpaired) electrons. The minimum atomic E-state index is -0.556. The number of carbonyl (C=O) groups is 1. The van der Waals surface area contributed by atoms with Crippen LogP contribution < -0.4 is 15.5 Å². The Morgan fingerprint density at radius 1 is 1.42 bits per heavy atom. The molecule has 3 rings (SSSR count). The fraction of sp³-hybridized carbons (Fsp3) is 0.562. The highest BCUT2D eigenvalue weighted by Gasteiger charge is 2.44. The van der Waals surface area contributed by atoms with Gasteiger partial charge >= 0.3 is 13.2 Å². The highest BCUT2D eigenvalue weighted by atomic mass is 35.5. The lowest BCUT2D eigenvalue weighted by Crippen LogP contribution is -2.36. The second-order valence-corrected chi connectivity index (χ2v) is 7.38. The number of nitrogens with one attached hydrogen (secondary N) is 1. The topological polar surface area (TPSA) is 66.0 Å². The quantitative estimate of drug-likeness (QED) is 0.827. The molecule has 0 aliphatic carbocycles. The molecule has 0 aromatic heterocycles. The third kappa shape index (κ3) is 3.63. The SMILES string of the molecule is CC1COc2ccc(Cl)c3c2B(O1)O[C@H]3CNC(=O)OC(C)(C)C. The molecule has 0 fully saturated rings. The summed E-state index contributed by atoms with van der Waals surface area (Å²) in [7, 11) is -0.545. The Hall–Kier alpha value is -1.44. The van der Waals surface area contributed by atoms with E-state index in [-0.39, 0.29) is 12.6 Å². The number of amides is 1. The average molecular weight is 354 g/mol. The van der Waals surface area contributed by atoms with Crippen LogP contribution in [0.5, 0.6) is 5.75 Å². The van der Waals surface area contributed by atoms with Crippen molar-refractivity contribution in [1.82, 2.24) is 5.32 Å². The zero-order chi connectivity index (χ0) is 17.5. The first-order chi connectivity index (χ1) is 11.2. The van der Waals surface area contributed by atoms with Crippen molar-refractivity contribution in [3.8, 4) is 5.75 Å². The lowest BCUT2D eigenvalue weighted by molar-refractivity contribution is 0.0485. The van der Waals surface area contributed by atoms with Crippen molar-refractivity contribution < 1.29 is 23.6 Å². The van der Waals surface area contributed by atoms with Gasteiger partial charge in [-0.3, -0.25) is 0 Å². The summed E-state index contributed by atoms with van der Waals surface area (Å²) >= 11 is 6.36. The van der Waals surface area contributed by atoms with Crippen LogP contribution in [0, 0.1) is 0 Å². The Morgan fingerprint density at radius 3 is 2.88 bits per heavy atom. The van der Waals surface area contributed by atoms with Gasteiger partial charge in [0.05, 0.1) is 12.2 Å². The van der Waals surface area contributed by atoms with E-state index in [1.54, 1.807) is 6.07 Å². The summed E-state index contributed by atoms with van der Waals surface area (Å²) in [5, 5.41) is 3.28. The van der Waals surface area contributed by atoms with E-state index < -0.39 is 24.9 Å². The van der Waals surface area contributed by atoms with Crippen molar-refractivity contribution in [2.45, 2.75) is 45.5 Å². The molecule has 2 aliphatic rings. The standard InChI is InChI=1S/C16H21BClNO5/c1-9-8-21-11-6-5-10(18)13-12(24-17(23-9)14(11)13)7-19-15(20)22-16(2,3)4/h5-6,9,12H,7-8H2,1-4H3,(H,19,20)/t9?,12-/m0/s1. The Balaban J connectivity index is 1.78. The van der Waals surface area contributed by atoms with Gasteiger partial charge in [-0.05, 0) is 39.8 Å². The van der Waals surface area contributed by atoms with Gasteiger partial charge in [0, 0.05) is 22.6 Å². The summed E-state index contributed by atoms with van der Waals surface area (Å²) in [6, 6.07) is 3.60. The number of hydrogen-bond donors (Lipinski definition) is 1. The lowest BCUT2D eigenvalue weighted by Gasteiger charge is -2.21. The zero-order valence-electron chi connectivity index (χ0n) is 14.2. The average Bonchev–Trinajstić information content (AvgIpc) is 2.74. The molecular formula is C16H21BClNO5. The number of alkyl carbamates (subject to hydrolysis) is 1. The van der Waals surface area contributed by atoms with Gasteiger partial charge < -0.3 is 24.1 Å². The van der Waals surface area contributed by atoms with E-state index >= 15 is 0 Å². The summed E-state index contributed by atoms with van der Waals surface area (Å²) in [6.45, 7) is 8.04. The van der Waals surface area contributed by atoms with Gasteiger partial charge in [0.15, 0.2) is 0 Å². The van der Waals surface area contributed by atoms with Crippen LogP contribution in [0.3, 0.4) is 0 Å². The normalized spacial score (nSPS) is 22.5. The summed E-state index contributed by atoms with van der Waals surface area (Å²) in [5.74, 6) is 0.712. The molecule has 1 aromatic carbocycles. The number of hydrogen-bond acceptors (Lipinski definition) is 5. The minimum Gasteiger partial charge on any atom is -0.491 e. The number of carbonyl (C=O) groups excluding carboxylic acids is 1. The molecule has 24 heavy (non-hydrogen) atoms. The van der Waals surface area contributed by atoms with Crippen LogP contribution in [0.2, 0.25) is 5.02 Å². The van der Waals surface area contributed by atoms with Gasteiger partial charge in [0.2, 0.25) is 0 Å². The molecule has 0 spiro atoms. The zero-order valence-corrected chi connectivity index (χ0v) is 15.0. The van der Waals surface area contributed by atoms with E-state index in [4.69, 9.17) is 30.4 Å². The molecule has 0 saturated carbocycles. The smallest absolute Gasteiger partial charge is 0.491 e. The number of benzene rings is 1. The fourth-order valence-electron chi connectivity index (χ4n) is 2.77. The molecule has 6 nitrogen and oxygen atoms in total. The maximum absolute atomic E-state index is 11.9. The van der Waals surface area contributed by atoms with Gasteiger partial charge in [0.1, 0.15) is 18.0 Å². The van der Waals surface area contributed by atoms with Crippen molar-refractivity contribution in [1.29, 1.82) is 0 Å². The maximum Gasteiger partial charge on any atom is 0.498 e. The van der Waals surface area contributed by atoms with Crippen LogP contribution in [0.1, 0.15) is 39.4 Å². The molecule has 2 atom stereocenters. The van der Waals surface area contributed by atoms with Crippen LogP contribution in [0.15, 0.2) is 12.1 Å². The molecule has 1 N–H and O–H groups in total. The molecule has 2 aliphatic heterocycles. The summed E-state index contributed by atoms with van der Waals surface area (Å²) in [5.41, 5.74) is 1.05. The second-order valence-electron chi connectivity index (χ2n) is 6.97. The monoisotopic (exact) mass is 353 g/mol. The molecule has 8 heteroatoms. The predicted octanol–water partition coefficient (Wildman–Crippen LogP) is 2.43. The van der Waals surface area contributed by atoms with Crippen LogP contribution in [-0.2, 0) is 14.0 Å². The molecule has 1 aromatic rings. The highest BCUT2D eigenvalue weighted by Crippen LogP contribution is 2.35. The minimum absolute atomic E-state index is 0.105. The molecule has 2 heterocycles. The van der Waals surface area contributed by atoms with Crippen molar-refractivity contribution in [2.24, 2.45) is 0 Å². The summed E-state index contributed by atoms with van der Waals surface area (Å²) < 4.78 is 22.8. The lowest BCUT2D eigenvalue weighted by atomic mass is 9.77. The van der Waals surface area contributed by atoms with Gasteiger partial charge in [-0.25, -0.2) is 4.79 Å². The van der Waals surface area contributed by atoms with E-state index in [0.717, 1.165) is 11.0 Å². The van der Waals surface area contributed by atoms with Crippen LogP contribution in [0.25, 0.3) is 0 Å². The van der Waals surface area contributed by atoms with Gasteiger partial charge in [0.25, 0.3) is 0 Å². The third-order valence-electron chi connectivity index (χ3n) is 3.70. The Kier molecular flexibility index (Phi) is 4.68. The first kappa shape index (κ1) is 17.4. The Morgan fingerprint density at radius 2 is 2.17 bits per heavy atom. The van der Waals surface area contributed by atoms with Crippen molar-refractivity contribution in [3.63, 3.8) is 0 Å². The van der Waals surface area contributed by atoms with Crippen LogP contribution in [0.4, 0.5) is 4.79 Å². The van der Waals surface area contributed by atoms with Crippen molar-refractivity contribution >= 4 is 30.3 Å². The fourth-order valence-corrected chi connectivity index (χ4v) is 3.06. The third-order valence-corrected chi connectivity index (χ3v) is 4.03. The number of ether oxygens (including phenoxy) is 2. The molecule has 1 unspecified atom stereocenters. The molecule has 0 saturated heterocycles. The van der Waals surface area contributed by atoms with Gasteiger partial charge in [-0.1, -0.05) is 11.6 Å². The predicted molar refractivity (Wildman–Crippen MR) is 90.9 cm³/mol.